The van der Waals surface area contributed by atoms with Gasteiger partial charge in [-0.25, -0.2) is 0 Å². The highest BCUT2D eigenvalue weighted by Gasteiger charge is 2.55. The van der Waals surface area contributed by atoms with Gasteiger partial charge < -0.3 is 10.2 Å². The summed E-state index contributed by atoms with van der Waals surface area (Å²) < 4.78 is 0. The first-order valence-electron chi connectivity index (χ1n) is 11.9. The second-order valence-corrected chi connectivity index (χ2v) is 11.2. The monoisotopic (exact) mass is 408 g/mol. The van der Waals surface area contributed by atoms with Crippen LogP contribution < -0.4 is 0 Å². The van der Waals surface area contributed by atoms with E-state index in [0.29, 0.717) is 35.5 Å². The Balaban J connectivity index is 2.64. The first-order chi connectivity index (χ1) is 13.5. The third-order valence-electron chi connectivity index (χ3n) is 8.48. The van der Waals surface area contributed by atoms with Crippen LogP contribution in [0.5, 0.6) is 0 Å². The molecule has 0 saturated heterocycles. The molecule has 4 heteroatoms. The standard InChI is InChI=1S/C25H44O4/c1-15(2)19-9-7-17(5)11-21(19)25(13-23(26)27,14-24(28)29)22-12-18(6)8-10-20(22)16(3)4/h15-22H,7-14H2,1-6H3,(H,26,27)(H,28,29). The quantitative estimate of drug-likeness (QED) is 0.491. The Morgan fingerprint density at radius 2 is 1.10 bits per heavy atom. The van der Waals surface area contributed by atoms with Crippen LogP contribution >= 0.6 is 0 Å². The number of carboxylic acid groups (broad SMARTS) is 2. The fourth-order valence-corrected chi connectivity index (χ4v) is 7.15. The van der Waals surface area contributed by atoms with Crippen molar-refractivity contribution in [2.45, 2.75) is 92.9 Å². The summed E-state index contributed by atoms with van der Waals surface area (Å²) in [7, 11) is 0. The van der Waals surface area contributed by atoms with E-state index in [-0.39, 0.29) is 24.7 Å². The van der Waals surface area contributed by atoms with Gasteiger partial charge in [0.05, 0.1) is 12.8 Å². The largest absolute Gasteiger partial charge is 0.481 e. The highest BCUT2D eigenvalue weighted by Crippen LogP contribution is 2.59. The Hall–Kier alpha value is -1.06. The maximum absolute atomic E-state index is 12.2. The lowest BCUT2D eigenvalue weighted by Crippen LogP contribution is -2.52. The van der Waals surface area contributed by atoms with Crippen molar-refractivity contribution in [2.75, 3.05) is 0 Å². The second kappa shape index (κ2) is 9.83. The van der Waals surface area contributed by atoms with Crippen molar-refractivity contribution in [3.05, 3.63) is 0 Å². The molecular formula is C25H44O4. The lowest BCUT2D eigenvalue weighted by Gasteiger charge is -2.56. The van der Waals surface area contributed by atoms with Gasteiger partial charge in [0.1, 0.15) is 0 Å². The third kappa shape index (κ3) is 5.55. The van der Waals surface area contributed by atoms with Gasteiger partial charge in [-0.3, -0.25) is 9.59 Å². The molecule has 2 saturated carbocycles. The molecule has 0 heterocycles. The van der Waals surface area contributed by atoms with Crippen molar-refractivity contribution < 1.29 is 19.8 Å². The zero-order chi connectivity index (χ0) is 21.9. The predicted octanol–water partition coefficient (Wildman–Crippen LogP) is 6.34. The zero-order valence-corrected chi connectivity index (χ0v) is 19.5. The van der Waals surface area contributed by atoms with Gasteiger partial charge in [-0.1, -0.05) is 54.4 Å². The summed E-state index contributed by atoms with van der Waals surface area (Å²) in [5.41, 5.74) is -0.648. The van der Waals surface area contributed by atoms with Crippen molar-refractivity contribution in [1.82, 2.24) is 0 Å². The fourth-order valence-electron chi connectivity index (χ4n) is 7.15. The number of carboxylic acids is 2. The van der Waals surface area contributed by atoms with E-state index in [1.54, 1.807) is 0 Å². The molecular weight excluding hydrogens is 364 g/mol. The minimum Gasteiger partial charge on any atom is -0.481 e. The molecule has 2 fully saturated rings. The topological polar surface area (TPSA) is 74.6 Å². The summed E-state index contributed by atoms with van der Waals surface area (Å²) >= 11 is 0. The summed E-state index contributed by atoms with van der Waals surface area (Å²) in [6, 6.07) is 0. The summed E-state index contributed by atoms with van der Waals surface area (Å²) in [4.78, 5) is 24.4. The van der Waals surface area contributed by atoms with Gasteiger partial charge in [0.15, 0.2) is 0 Å². The van der Waals surface area contributed by atoms with E-state index in [1.807, 2.05) is 0 Å². The molecule has 0 aliphatic heterocycles. The van der Waals surface area contributed by atoms with E-state index in [1.165, 1.54) is 12.8 Å². The Bertz CT molecular complexity index is 517. The van der Waals surface area contributed by atoms with Crippen LogP contribution in [0.25, 0.3) is 0 Å². The normalized spacial score (nSPS) is 33.8. The molecule has 0 radical (unpaired) electrons. The van der Waals surface area contributed by atoms with Crippen molar-refractivity contribution in [3.8, 4) is 0 Å². The van der Waals surface area contributed by atoms with Gasteiger partial charge in [-0.15, -0.1) is 0 Å². The number of rotatable bonds is 8. The lowest BCUT2D eigenvalue weighted by atomic mass is 9.48. The minimum absolute atomic E-state index is 0.000509. The van der Waals surface area contributed by atoms with E-state index in [2.05, 4.69) is 41.5 Å². The minimum atomic E-state index is -0.826. The molecule has 2 rings (SSSR count). The molecule has 0 aromatic rings. The first-order valence-corrected chi connectivity index (χ1v) is 11.9. The average molecular weight is 409 g/mol. The molecule has 2 N–H and O–H groups in total. The van der Waals surface area contributed by atoms with Gasteiger partial charge in [0, 0.05) is 0 Å². The van der Waals surface area contributed by atoms with E-state index in [9.17, 15) is 19.8 Å². The molecule has 0 bridgehead atoms. The van der Waals surface area contributed by atoms with Gasteiger partial charge >= 0.3 is 11.9 Å². The number of hydrogen-bond acceptors (Lipinski definition) is 2. The van der Waals surface area contributed by atoms with Crippen LogP contribution in [0.15, 0.2) is 0 Å². The van der Waals surface area contributed by atoms with E-state index in [0.717, 1.165) is 25.7 Å². The van der Waals surface area contributed by atoms with E-state index >= 15 is 0 Å². The molecule has 0 spiro atoms. The SMILES string of the molecule is CC1CCC(C(C)C)C(C(CC(=O)O)(CC(=O)O)C2CC(C)CCC2C(C)C)C1. The van der Waals surface area contributed by atoms with Crippen molar-refractivity contribution >= 4 is 11.9 Å². The summed E-state index contributed by atoms with van der Waals surface area (Å²) in [5.74, 6) is 1.50. The second-order valence-electron chi connectivity index (χ2n) is 11.2. The Kier molecular flexibility index (Phi) is 8.21. The van der Waals surface area contributed by atoms with Gasteiger partial charge in [0.25, 0.3) is 0 Å². The Morgan fingerprint density at radius 1 is 0.759 bits per heavy atom. The molecule has 0 aromatic carbocycles. The summed E-state index contributed by atoms with van der Waals surface area (Å²) in [5, 5.41) is 20.0. The summed E-state index contributed by atoms with van der Waals surface area (Å²) in [6.45, 7) is 13.5. The van der Waals surface area contributed by atoms with Crippen LogP contribution in [0.4, 0.5) is 0 Å². The Morgan fingerprint density at radius 3 is 1.38 bits per heavy atom. The highest BCUT2D eigenvalue weighted by molar-refractivity contribution is 5.72. The smallest absolute Gasteiger partial charge is 0.303 e. The third-order valence-corrected chi connectivity index (χ3v) is 8.48. The molecule has 4 nitrogen and oxygen atoms in total. The van der Waals surface area contributed by atoms with Crippen molar-refractivity contribution in [1.29, 1.82) is 0 Å². The molecule has 29 heavy (non-hydrogen) atoms. The van der Waals surface area contributed by atoms with Crippen molar-refractivity contribution in [2.24, 2.45) is 52.8 Å². The van der Waals surface area contributed by atoms with Crippen LogP contribution in [0.3, 0.4) is 0 Å². The first kappa shape index (κ1) is 24.2. The maximum Gasteiger partial charge on any atom is 0.303 e. The van der Waals surface area contributed by atoms with Crippen LogP contribution in [0.1, 0.15) is 92.9 Å². The molecule has 168 valence electrons. The maximum atomic E-state index is 12.2. The lowest BCUT2D eigenvalue weighted by molar-refractivity contribution is -0.158. The van der Waals surface area contributed by atoms with Crippen LogP contribution in [0, 0.1) is 52.8 Å². The number of aliphatic carboxylic acids is 2. The average Bonchev–Trinajstić information content (AvgIpc) is 2.59. The molecule has 2 aliphatic rings. The Labute approximate surface area is 177 Å². The molecule has 2 aliphatic carbocycles. The van der Waals surface area contributed by atoms with Crippen molar-refractivity contribution in [3.63, 3.8) is 0 Å². The molecule has 6 unspecified atom stereocenters. The molecule has 6 atom stereocenters. The molecule has 0 aromatic heterocycles. The van der Waals surface area contributed by atoms with Gasteiger partial charge in [0.2, 0.25) is 0 Å². The van der Waals surface area contributed by atoms with Crippen LogP contribution in [0.2, 0.25) is 0 Å². The predicted molar refractivity (Wildman–Crippen MR) is 117 cm³/mol. The molecule has 0 amide bonds. The van der Waals surface area contributed by atoms with Gasteiger partial charge in [-0.05, 0) is 78.4 Å². The zero-order valence-electron chi connectivity index (χ0n) is 19.5. The highest BCUT2D eigenvalue weighted by atomic mass is 16.4. The van der Waals surface area contributed by atoms with Gasteiger partial charge in [-0.2, -0.15) is 0 Å². The van der Waals surface area contributed by atoms with Crippen LogP contribution in [-0.2, 0) is 9.59 Å². The number of carbonyl (C=O) groups is 2. The number of hydrogen-bond donors (Lipinski definition) is 2. The fraction of sp³-hybridized carbons (Fsp3) is 0.920. The summed E-state index contributed by atoms with van der Waals surface area (Å²) in [6.07, 6.45) is 6.48. The van der Waals surface area contributed by atoms with Crippen LogP contribution in [-0.4, -0.2) is 22.2 Å². The van der Waals surface area contributed by atoms with E-state index < -0.39 is 17.4 Å². The van der Waals surface area contributed by atoms with E-state index in [4.69, 9.17) is 0 Å².